The number of hydrogen-bond acceptors (Lipinski definition) is 3. The topological polar surface area (TPSA) is 75.3 Å². The first-order valence-corrected chi connectivity index (χ1v) is 10.5. The molecule has 2 N–H and O–H groups in total. The van der Waals surface area contributed by atoms with Gasteiger partial charge in [0, 0.05) is 5.69 Å². The lowest BCUT2D eigenvalue weighted by Gasteiger charge is -2.21. The van der Waals surface area contributed by atoms with Crippen LogP contribution in [-0.4, -0.2) is 20.4 Å². The molecule has 0 fully saturated rings. The third kappa shape index (κ3) is 5.91. The highest BCUT2D eigenvalue weighted by Gasteiger charge is 2.26. The summed E-state index contributed by atoms with van der Waals surface area (Å²) in [6.07, 6.45) is 0.405. The molecule has 0 saturated heterocycles. The SMILES string of the molecule is Cc1ccc(S(=O)(=O)N[C@@H](CC(C)C)C(=O)Nc2ccc(C)cc2C)cc1. The van der Waals surface area contributed by atoms with E-state index in [4.69, 9.17) is 0 Å². The Balaban J connectivity index is 2.23. The van der Waals surface area contributed by atoms with E-state index < -0.39 is 16.1 Å². The fourth-order valence-corrected chi connectivity index (χ4v) is 4.03. The minimum absolute atomic E-state index is 0.153. The largest absolute Gasteiger partial charge is 0.324 e. The summed E-state index contributed by atoms with van der Waals surface area (Å²) in [5, 5.41) is 2.86. The number of benzene rings is 2. The number of aryl methyl sites for hydroxylation is 3. The van der Waals surface area contributed by atoms with Crippen molar-refractivity contribution in [2.24, 2.45) is 5.92 Å². The number of rotatable bonds is 7. The van der Waals surface area contributed by atoms with E-state index in [-0.39, 0.29) is 16.7 Å². The lowest BCUT2D eigenvalue weighted by Crippen LogP contribution is -2.44. The second kappa shape index (κ2) is 8.67. The van der Waals surface area contributed by atoms with E-state index in [1.54, 1.807) is 24.3 Å². The molecule has 0 aliphatic rings. The molecule has 6 heteroatoms. The first-order chi connectivity index (χ1) is 12.6. The van der Waals surface area contributed by atoms with E-state index in [0.29, 0.717) is 12.1 Å². The third-order valence-electron chi connectivity index (χ3n) is 4.29. The van der Waals surface area contributed by atoms with Gasteiger partial charge >= 0.3 is 0 Å². The number of carbonyl (C=O) groups excluding carboxylic acids is 1. The zero-order chi connectivity index (χ0) is 20.2. The van der Waals surface area contributed by atoms with Crippen LogP contribution < -0.4 is 10.0 Å². The van der Waals surface area contributed by atoms with Crippen LogP contribution in [0.3, 0.4) is 0 Å². The van der Waals surface area contributed by atoms with Crippen LogP contribution >= 0.6 is 0 Å². The van der Waals surface area contributed by atoms with Crippen molar-refractivity contribution in [3.05, 3.63) is 59.2 Å². The molecule has 0 heterocycles. The molecule has 1 amide bonds. The lowest BCUT2D eigenvalue weighted by atomic mass is 10.0. The van der Waals surface area contributed by atoms with Crippen LogP contribution in [0.25, 0.3) is 0 Å². The van der Waals surface area contributed by atoms with Crippen molar-refractivity contribution in [3.63, 3.8) is 0 Å². The normalized spacial score (nSPS) is 12.8. The van der Waals surface area contributed by atoms with E-state index in [9.17, 15) is 13.2 Å². The average molecular weight is 389 g/mol. The number of nitrogens with one attached hydrogen (secondary N) is 2. The van der Waals surface area contributed by atoms with Gasteiger partial charge in [-0.15, -0.1) is 0 Å². The molecular weight excluding hydrogens is 360 g/mol. The molecule has 2 rings (SSSR count). The van der Waals surface area contributed by atoms with Crippen LogP contribution in [0.15, 0.2) is 47.4 Å². The van der Waals surface area contributed by atoms with Gasteiger partial charge in [-0.25, -0.2) is 8.42 Å². The van der Waals surface area contributed by atoms with Gasteiger partial charge in [0.05, 0.1) is 4.90 Å². The Morgan fingerprint density at radius 2 is 1.56 bits per heavy atom. The molecule has 0 aliphatic heterocycles. The molecule has 27 heavy (non-hydrogen) atoms. The van der Waals surface area contributed by atoms with Crippen LogP contribution in [-0.2, 0) is 14.8 Å². The molecule has 146 valence electrons. The van der Waals surface area contributed by atoms with Gasteiger partial charge in [0.1, 0.15) is 6.04 Å². The molecule has 2 aromatic carbocycles. The Bertz CT molecular complexity index is 904. The maximum atomic E-state index is 12.8. The maximum absolute atomic E-state index is 12.8. The molecule has 0 bridgehead atoms. The zero-order valence-corrected chi connectivity index (χ0v) is 17.4. The van der Waals surface area contributed by atoms with Crippen LogP contribution in [0.2, 0.25) is 0 Å². The Labute approximate surface area is 162 Å². The van der Waals surface area contributed by atoms with Gasteiger partial charge in [0.25, 0.3) is 0 Å². The molecule has 5 nitrogen and oxygen atoms in total. The second-order valence-electron chi connectivity index (χ2n) is 7.42. The highest BCUT2D eigenvalue weighted by atomic mass is 32.2. The molecule has 0 aliphatic carbocycles. The average Bonchev–Trinajstić information content (AvgIpc) is 2.56. The van der Waals surface area contributed by atoms with Crippen LogP contribution in [0, 0.1) is 26.7 Å². The number of hydrogen-bond donors (Lipinski definition) is 2. The van der Waals surface area contributed by atoms with E-state index in [2.05, 4.69) is 10.0 Å². The predicted molar refractivity (Wildman–Crippen MR) is 109 cm³/mol. The van der Waals surface area contributed by atoms with Crippen molar-refractivity contribution >= 4 is 21.6 Å². The number of carbonyl (C=O) groups is 1. The Hall–Kier alpha value is -2.18. The summed E-state index contributed by atoms with van der Waals surface area (Å²) in [4.78, 5) is 13.0. The highest BCUT2D eigenvalue weighted by Crippen LogP contribution is 2.18. The van der Waals surface area contributed by atoms with Gasteiger partial charge in [-0.3, -0.25) is 4.79 Å². The molecule has 1 atom stereocenters. The predicted octanol–water partition coefficient (Wildman–Crippen LogP) is 3.94. The van der Waals surface area contributed by atoms with Gasteiger partial charge in [-0.1, -0.05) is 49.2 Å². The Morgan fingerprint density at radius 1 is 0.963 bits per heavy atom. The zero-order valence-electron chi connectivity index (χ0n) is 16.5. The summed E-state index contributed by atoms with van der Waals surface area (Å²) in [6, 6.07) is 11.4. The fourth-order valence-electron chi connectivity index (χ4n) is 2.83. The highest BCUT2D eigenvalue weighted by molar-refractivity contribution is 7.89. The van der Waals surface area contributed by atoms with Gasteiger partial charge in [0.15, 0.2) is 0 Å². The number of sulfonamides is 1. The summed E-state index contributed by atoms with van der Waals surface area (Å²) in [5.74, 6) is -0.202. The Morgan fingerprint density at radius 3 is 2.11 bits per heavy atom. The molecular formula is C21H28N2O3S. The molecule has 0 saturated carbocycles. The summed E-state index contributed by atoms with van der Waals surface area (Å²) >= 11 is 0. The van der Waals surface area contributed by atoms with Gasteiger partial charge in [-0.05, 0) is 56.9 Å². The molecule has 0 radical (unpaired) electrons. The molecule has 0 unspecified atom stereocenters. The maximum Gasteiger partial charge on any atom is 0.242 e. The summed E-state index contributed by atoms with van der Waals surface area (Å²) in [5.41, 5.74) is 3.70. The van der Waals surface area contributed by atoms with Crippen molar-refractivity contribution in [1.29, 1.82) is 0 Å². The van der Waals surface area contributed by atoms with E-state index in [0.717, 1.165) is 16.7 Å². The first kappa shape index (κ1) is 21.1. The quantitative estimate of drug-likeness (QED) is 0.754. The number of amides is 1. The van der Waals surface area contributed by atoms with Crippen molar-refractivity contribution in [3.8, 4) is 0 Å². The lowest BCUT2D eigenvalue weighted by molar-refractivity contribution is -0.118. The van der Waals surface area contributed by atoms with Crippen molar-refractivity contribution in [2.75, 3.05) is 5.32 Å². The van der Waals surface area contributed by atoms with Gasteiger partial charge in [-0.2, -0.15) is 4.72 Å². The fraction of sp³-hybridized carbons (Fsp3) is 0.381. The summed E-state index contributed by atoms with van der Waals surface area (Å²) in [6.45, 7) is 9.70. The summed E-state index contributed by atoms with van der Waals surface area (Å²) < 4.78 is 28.0. The van der Waals surface area contributed by atoms with Crippen LogP contribution in [0.4, 0.5) is 5.69 Å². The third-order valence-corrected chi connectivity index (χ3v) is 5.78. The molecule has 0 spiro atoms. The van der Waals surface area contributed by atoms with E-state index in [1.807, 2.05) is 52.8 Å². The van der Waals surface area contributed by atoms with Crippen LogP contribution in [0.5, 0.6) is 0 Å². The second-order valence-corrected chi connectivity index (χ2v) is 9.14. The Kier molecular flexibility index (Phi) is 6.78. The smallest absolute Gasteiger partial charge is 0.242 e. The van der Waals surface area contributed by atoms with Crippen molar-refractivity contribution < 1.29 is 13.2 Å². The van der Waals surface area contributed by atoms with Crippen molar-refractivity contribution in [1.82, 2.24) is 4.72 Å². The van der Waals surface area contributed by atoms with E-state index >= 15 is 0 Å². The van der Waals surface area contributed by atoms with Crippen LogP contribution in [0.1, 0.15) is 37.0 Å². The van der Waals surface area contributed by atoms with Crippen molar-refractivity contribution in [2.45, 2.75) is 52.0 Å². The van der Waals surface area contributed by atoms with Gasteiger partial charge < -0.3 is 5.32 Å². The monoisotopic (exact) mass is 388 g/mol. The first-order valence-electron chi connectivity index (χ1n) is 9.05. The summed E-state index contributed by atoms with van der Waals surface area (Å²) in [7, 11) is -3.79. The van der Waals surface area contributed by atoms with Gasteiger partial charge in [0.2, 0.25) is 15.9 Å². The minimum atomic E-state index is -3.79. The van der Waals surface area contributed by atoms with E-state index in [1.165, 1.54) is 0 Å². The molecule has 2 aromatic rings. The number of anilines is 1. The molecule has 0 aromatic heterocycles. The minimum Gasteiger partial charge on any atom is -0.324 e. The standard InChI is InChI=1S/C21H28N2O3S/c1-14(2)12-20(21(24)22-19-11-8-16(4)13-17(19)5)23-27(25,26)18-9-6-15(3)7-10-18/h6-11,13-14,20,23H,12H2,1-5H3,(H,22,24)/t20-/m0/s1.